The molecule has 5 rings (SSSR count). The maximum absolute atomic E-state index is 13.8. The van der Waals surface area contributed by atoms with Crippen LogP contribution in [0.1, 0.15) is 68.4 Å². The molecule has 2 atom stereocenters. The fourth-order valence-corrected chi connectivity index (χ4v) is 7.30. The summed E-state index contributed by atoms with van der Waals surface area (Å²) in [5.74, 6) is 2.03. The minimum atomic E-state index is -0.181. The Bertz CT molecular complexity index is 1270. The molecule has 0 radical (unpaired) electrons. The smallest absolute Gasteiger partial charge is 0.272 e. The quantitative estimate of drug-likeness (QED) is 0.350. The third kappa shape index (κ3) is 4.92. The molecule has 2 bridgehead atoms. The number of aromatic nitrogens is 2. The Morgan fingerprint density at radius 1 is 1.03 bits per heavy atom. The van der Waals surface area contributed by atoms with E-state index in [9.17, 15) is 4.79 Å². The molecule has 2 aliphatic rings. The lowest BCUT2D eigenvalue weighted by molar-refractivity contribution is 0.0528. The Morgan fingerprint density at radius 3 is 2.28 bits per heavy atom. The van der Waals surface area contributed by atoms with Crippen molar-refractivity contribution in [3.05, 3.63) is 68.8 Å². The summed E-state index contributed by atoms with van der Waals surface area (Å²) in [6, 6.07) is 12.8. The first-order valence-electron chi connectivity index (χ1n) is 12.8. The van der Waals surface area contributed by atoms with Crippen molar-refractivity contribution >= 4 is 40.7 Å². The van der Waals surface area contributed by atoms with E-state index < -0.39 is 0 Å². The minimum Gasteiger partial charge on any atom is -0.345 e. The van der Waals surface area contributed by atoms with Crippen molar-refractivity contribution < 1.29 is 4.79 Å². The monoisotopic (exact) mass is 543 g/mol. The van der Waals surface area contributed by atoms with Crippen molar-refractivity contribution in [1.29, 1.82) is 0 Å². The van der Waals surface area contributed by atoms with Crippen LogP contribution in [0.15, 0.2) is 42.5 Å². The van der Waals surface area contributed by atoms with Gasteiger partial charge in [0, 0.05) is 26.7 Å². The van der Waals surface area contributed by atoms with Crippen LogP contribution >= 0.6 is 34.8 Å². The van der Waals surface area contributed by atoms with Gasteiger partial charge in [0.05, 0.1) is 16.4 Å². The summed E-state index contributed by atoms with van der Waals surface area (Å²) in [7, 11) is 0. The van der Waals surface area contributed by atoms with Gasteiger partial charge in [-0.25, -0.2) is 4.68 Å². The fraction of sp³-hybridized carbons (Fsp3) is 0.448. The number of hydrogen-bond acceptors (Lipinski definition) is 2. The van der Waals surface area contributed by atoms with Gasteiger partial charge in [0.1, 0.15) is 0 Å². The van der Waals surface area contributed by atoms with Crippen molar-refractivity contribution in [3.8, 4) is 16.9 Å². The Morgan fingerprint density at radius 2 is 1.67 bits per heavy atom. The first-order valence-corrected chi connectivity index (χ1v) is 13.9. The van der Waals surface area contributed by atoms with Crippen molar-refractivity contribution in [2.75, 3.05) is 0 Å². The second-order valence-corrected chi connectivity index (χ2v) is 12.2. The number of fused-ring (bicyclic) bond motifs is 2. The van der Waals surface area contributed by atoms with Crippen LogP contribution < -0.4 is 5.32 Å². The van der Waals surface area contributed by atoms with E-state index in [2.05, 4.69) is 19.2 Å². The van der Waals surface area contributed by atoms with Gasteiger partial charge < -0.3 is 5.32 Å². The van der Waals surface area contributed by atoms with E-state index in [-0.39, 0.29) is 11.4 Å². The lowest BCUT2D eigenvalue weighted by Crippen LogP contribution is -2.54. The van der Waals surface area contributed by atoms with Gasteiger partial charge in [0.2, 0.25) is 0 Å². The van der Waals surface area contributed by atoms with E-state index in [1.54, 1.807) is 16.8 Å². The maximum atomic E-state index is 13.8. The number of benzene rings is 2. The highest BCUT2D eigenvalue weighted by molar-refractivity contribution is 6.35. The number of amides is 1. The summed E-state index contributed by atoms with van der Waals surface area (Å²) in [5, 5.41) is 9.95. The normalized spacial score (nSPS) is 25.6. The van der Waals surface area contributed by atoms with Crippen LogP contribution in [-0.2, 0) is 0 Å². The molecule has 1 aromatic heterocycles. The molecule has 2 fully saturated rings. The number of halogens is 3. The summed E-state index contributed by atoms with van der Waals surface area (Å²) >= 11 is 18.9. The second-order valence-electron chi connectivity index (χ2n) is 10.9. The van der Waals surface area contributed by atoms with Crippen LogP contribution in [0.3, 0.4) is 0 Å². The lowest BCUT2D eigenvalue weighted by Gasteiger charge is -2.49. The second kappa shape index (κ2) is 10.0. The van der Waals surface area contributed by atoms with Gasteiger partial charge in [-0.15, -0.1) is 0 Å². The average molecular weight is 545 g/mol. The number of rotatable bonds is 5. The number of carbonyl (C=O) groups is 1. The number of hydrogen-bond donors (Lipinski definition) is 1. The Kier molecular flexibility index (Phi) is 7.15. The van der Waals surface area contributed by atoms with E-state index in [1.807, 2.05) is 37.3 Å². The molecule has 2 aliphatic carbocycles. The van der Waals surface area contributed by atoms with E-state index in [0.717, 1.165) is 42.0 Å². The topological polar surface area (TPSA) is 46.9 Å². The maximum Gasteiger partial charge on any atom is 0.272 e. The molecule has 0 saturated heterocycles. The number of carbonyl (C=O) groups excluding carboxylic acids is 1. The zero-order chi connectivity index (χ0) is 25.6. The van der Waals surface area contributed by atoms with E-state index in [4.69, 9.17) is 39.9 Å². The first-order chi connectivity index (χ1) is 17.2. The van der Waals surface area contributed by atoms with Crippen molar-refractivity contribution in [2.45, 2.75) is 64.8 Å². The van der Waals surface area contributed by atoms with Crippen LogP contribution in [0.5, 0.6) is 0 Å². The van der Waals surface area contributed by atoms with Crippen LogP contribution in [0.25, 0.3) is 16.9 Å². The summed E-state index contributed by atoms with van der Waals surface area (Å²) in [6.07, 6.45) is 6.83. The van der Waals surface area contributed by atoms with Gasteiger partial charge in [-0.05, 0) is 93.5 Å². The lowest BCUT2D eigenvalue weighted by atomic mass is 9.61. The summed E-state index contributed by atoms with van der Waals surface area (Å²) in [6.45, 7) is 6.51. The SMILES string of the molecule is CCC1(NC(=O)c2nn(-c3ccc(Cl)cc3Cl)c(-c3ccc(Cl)cc3)c2C)CC2CC(C)CC(C2)C1. The summed E-state index contributed by atoms with van der Waals surface area (Å²) in [4.78, 5) is 13.8. The molecule has 36 heavy (non-hydrogen) atoms. The zero-order valence-electron chi connectivity index (χ0n) is 21.0. The minimum absolute atomic E-state index is 0.124. The fourth-order valence-electron chi connectivity index (χ4n) is 6.68. The number of nitrogens with zero attached hydrogens (tertiary/aromatic N) is 2. The molecule has 2 saturated carbocycles. The van der Waals surface area contributed by atoms with Crippen LogP contribution in [0.4, 0.5) is 0 Å². The summed E-state index contributed by atoms with van der Waals surface area (Å²) in [5.41, 5.74) is 3.42. The molecule has 0 spiro atoms. The molecule has 4 nitrogen and oxygen atoms in total. The van der Waals surface area contributed by atoms with Crippen molar-refractivity contribution in [2.24, 2.45) is 17.8 Å². The van der Waals surface area contributed by atoms with Crippen LogP contribution in [-0.4, -0.2) is 21.2 Å². The molecule has 3 aromatic rings. The van der Waals surface area contributed by atoms with Gasteiger partial charge in [-0.1, -0.05) is 60.8 Å². The van der Waals surface area contributed by atoms with Crippen molar-refractivity contribution in [1.82, 2.24) is 15.1 Å². The largest absolute Gasteiger partial charge is 0.345 e. The van der Waals surface area contributed by atoms with Crippen LogP contribution in [0, 0.1) is 24.7 Å². The molecule has 1 N–H and O–H groups in total. The zero-order valence-corrected chi connectivity index (χ0v) is 23.2. The Labute approximate surface area is 228 Å². The molecule has 2 aromatic carbocycles. The van der Waals surface area contributed by atoms with Gasteiger partial charge in [0.25, 0.3) is 5.91 Å². The molecule has 1 amide bonds. The average Bonchev–Trinajstić information content (AvgIpc) is 3.15. The molecular weight excluding hydrogens is 513 g/mol. The molecule has 190 valence electrons. The predicted molar refractivity (Wildman–Crippen MR) is 148 cm³/mol. The Balaban J connectivity index is 1.54. The van der Waals surface area contributed by atoms with Gasteiger partial charge in [-0.2, -0.15) is 5.10 Å². The van der Waals surface area contributed by atoms with Gasteiger partial charge >= 0.3 is 0 Å². The first kappa shape index (κ1) is 25.6. The third-order valence-corrected chi connectivity index (χ3v) is 8.94. The van der Waals surface area contributed by atoms with Gasteiger partial charge in [0.15, 0.2) is 5.69 Å². The molecule has 0 aliphatic heterocycles. The molecule has 2 unspecified atom stereocenters. The molecule has 7 heteroatoms. The molecular formula is C29H32Cl3N3O. The standard InChI is InChI=1S/C29H32Cl3N3O/c1-4-29(15-19-11-17(2)12-20(13-19)16-29)33-28(36)26-18(3)27(21-5-7-22(30)8-6-21)35(34-26)25-10-9-23(31)14-24(25)32/h5-10,14,17,19-20H,4,11-13,15-16H2,1-3H3,(H,33,36). The predicted octanol–water partition coefficient (Wildman–Crippen LogP) is 8.53. The third-order valence-electron chi connectivity index (χ3n) is 8.15. The Hall–Kier alpha value is -2.01. The highest BCUT2D eigenvalue weighted by Crippen LogP contribution is 2.47. The van der Waals surface area contributed by atoms with Gasteiger partial charge in [-0.3, -0.25) is 4.79 Å². The van der Waals surface area contributed by atoms with Crippen molar-refractivity contribution in [3.63, 3.8) is 0 Å². The summed E-state index contributed by atoms with van der Waals surface area (Å²) < 4.78 is 1.75. The highest BCUT2D eigenvalue weighted by Gasteiger charge is 2.44. The van der Waals surface area contributed by atoms with E-state index in [1.165, 1.54) is 19.3 Å². The molecule has 1 heterocycles. The van der Waals surface area contributed by atoms with E-state index in [0.29, 0.717) is 38.3 Å². The number of nitrogens with one attached hydrogen (secondary N) is 1. The van der Waals surface area contributed by atoms with Crippen LogP contribution in [0.2, 0.25) is 15.1 Å². The highest BCUT2D eigenvalue weighted by atomic mass is 35.5. The van der Waals surface area contributed by atoms with E-state index >= 15 is 0 Å².